The molecule has 0 spiro atoms. The molecule has 2 aromatic carbocycles. The van der Waals surface area contributed by atoms with Crippen LogP contribution in [0.4, 0.5) is 0 Å². The Morgan fingerprint density at radius 2 is 1.52 bits per heavy atom. The maximum Gasteiger partial charge on any atom is 0.260 e. The molecule has 1 N–H and O–H groups in total. The van der Waals surface area contributed by atoms with Gasteiger partial charge in [0, 0.05) is 42.3 Å². The molecule has 5 nitrogen and oxygen atoms in total. The van der Waals surface area contributed by atoms with Crippen molar-refractivity contribution < 1.29 is 14.3 Å². The number of carbonyl (C=O) groups is 2. The molecule has 0 aliphatic carbocycles. The molecule has 0 saturated carbocycles. The van der Waals surface area contributed by atoms with Crippen molar-refractivity contribution >= 4 is 23.3 Å². The summed E-state index contributed by atoms with van der Waals surface area (Å²) in [7, 11) is 0. The fourth-order valence-corrected chi connectivity index (χ4v) is 2.75. The van der Waals surface area contributed by atoms with Crippen molar-refractivity contribution in [3.8, 4) is 5.75 Å². The van der Waals surface area contributed by atoms with E-state index in [1.165, 1.54) is 0 Å². The highest BCUT2D eigenvalue weighted by Crippen LogP contribution is 2.17. The Morgan fingerprint density at radius 3 is 2.12 bits per heavy atom. The average Bonchev–Trinajstić information content (AvgIpc) is 2.67. The highest BCUT2D eigenvalue weighted by molar-refractivity contribution is 6.30. The predicted molar refractivity (Wildman–Crippen MR) is 96.3 cm³/mol. The molecule has 0 aromatic heterocycles. The Morgan fingerprint density at radius 1 is 0.960 bits per heavy atom. The van der Waals surface area contributed by atoms with E-state index in [0.717, 1.165) is 13.1 Å². The average molecular weight is 359 g/mol. The summed E-state index contributed by atoms with van der Waals surface area (Å²) in [5.41, 5.74) is 1.13. The number of ether oxygens (including phenoxy) is 1. The van der Waals surface area contributed by atoms with Crippen molar-refractivity contribution in [1.29, 1.82) is 0 Å². The Balaban J connectivity index is 1.57. The molecule has 1 fully saturated rings. The van der Waals surface area contributed by atoms with Gasteiger partial charge in [-0.15, -0.1) is 0 Å². The number of benzene rings is 2. The van der Waals surface area contributed by atoms with Gasteiger partial charge in [-0.1, -0.05) is 11.6 Å². The first-order chi connectivity index (χ1) is 12.1. The van der Waals surface area contributed by atoms with Crippen molar-refractivity contribution in [3.05, 3.63) is 64.7 Å². The van der Waals surface area contributed by atoms with Crippen LogP contribution in [0.25, 0.3) is 0 Å². The molecule has 1 saturated heterocycles. The van der Waals surface area contributed by atoms with E-state index in [9.17, 15) is 9.59 Å². The molecule has 3 rings (SSSR count). The molecular weight excluding hydrogens is 340 g/mol. The molecule has 25 heavy (non-hydrogen) atoms. The zero-order valence-corrected chi connectivity index (χ0v) is 14.5. The van der Waals surface area contributed by atoms with E-state index < -0.39 is 0 Å². The highest BCUT2D eigenvalue weighted by Gasteiger charge is 2.16. The third-order valence-electron chi connectivity index (χ3n) is 4.05. The lowest BCUT2D eigenvalue weighted by Gasteiger charge is -2.27. The molecule has 0 bridgehead atoms. The maximum absolute atomic E-state index is 12.4. The molecule has 0 radical (unpaired) electrons. The third-order valence-corrected chi connectivity index (χ3v) is 4.31. The quantitative estimate of drug-likeness (QED) is 0.834. The van der Waals surface area contributed by atoms with Crippen LogP contribution in [-0.2, 0) is 4.79 Å². The van der Waals surface area contributed by atoms with Crippen LogP contribution in [0.15, 0.2) is 48.5 Å². The van der Waals surface area contributed by atoms with Gasteiger partial charge in [-0.05, 0) is 48.5 Å². The van der Waals surface area contributed by atoms with Gasteiger partial charge in [-0.25, -0.2) is 0 Å². The normalized spacial score (nSPS) is 14.2. The summed E-state index contributed by atoms with van der Waals surface area (Å²) in [6.45, 7) is 3.04. The number of hydrogen-bond donors (Lipinski definition) is 1. The number of hydrogen-bond acceptors (Lipinski definition) is 4. The summed E-state index contributed by atoms with van der Waals surface area (Å²) in [6.07, 6.45) is 0. The lowest BCUT2D eigenvalue weighted by Crippen LogP contribution is -2.47. The first-order valence-electron chi connectivity index (χ1n) is 8.15. The minimum absolute atomic E-state index is 0.00444. The van der Waals surface area contributed by atoms with Crippen molar-refractivity contribution in [2.45, 2.75) is 0 Å². The van der Waals surface area contributed by atoms with E-state index in [-0.39, 0.29) is 18.3 Å². The molecule has 0 unspecified atom stereocenters. The van der Waals surface area contributed by atoms with Crippen LogP contribution in [0.5, 0.6) is 5.75 Å². The molecular formula is C19H19ClN2O3. The van der Waals surface area contributed by atoms with E-state index >= 15 is 0 Å². The number of ketones is 1. The van der Waals surface area contributed by atoms with Gasteiger partial charge in [0.15, 0.2) is 12.4 Å². The van der Waals surface area contributed by atoms with Crippen molar-refractivity contribution in [2.75, 3.05) is 32.8 Å². The Labute approximate surface area is 151 Å². The summed E-state index contributed by atoms with van der Waals surface area (Å²) in [5.74, 6) is 0.457. The van der Waals surface area contributed by atoms with Crippen LogP contribution >= 0.6 is 11.6 Å². The van der Waals surface area contributed by atoms with Gasteiger partial charge in [-0.2, -0.15) is 0 Å². The van der Waals surface area contributed by atoms with Crippen LogP contribution in [0.2, 0.25) is 5.02 Å². The third kappa shape index (κ3) is 4.59. The second-order valence-electron chi connectivity index (χ2n) is 5.78. The molecule has 130 valence electrons. The van der Waals surface area contributed by atoms with E-state index in [0.29, 0.717) is 35.0 Å². The number of nitrogens with zero attached hydrogens (tertiary/aromatic N) is 1. The molecule has 2 aromatic rings. The number of rotatable bonds is 5. The topological polar surface area (TPSA) is 58.6 Å². The van der Waals surface area contributed by atoms with Gasteiger partial charge >= 0.3 is 0 Å². The van der Waals surface area contributed by atoms with Crippen LogP contribution in [0.3, 0.4) is 0 Å². The lowest BCUT2D eigenvalue weighted by atomic mass is 10.0. The monoisotopic (exact) mass is 358 g/mol. The Kier molecular flexibility index (Phi) is 5.68. The van der Waals surface area contributed by atoms with Gasteiger partial charge < -0.3 is 15.0 Å². The zero-order chi connectivity index (χ0) is 17.6. The van der Waals surface area contributed by atoms with E-state index in [2.05, 4.69) is 5.32 Å². The minimum Gasteiger partial charge on any atom is -0.484 e. The molecule has 1 aliphatic rings. The van der Waals surface area contributed by atoms with Crippen LogP contribution in [-0.4, -0.2) is 49.4 Å². The lowest BCUT2D eigenvalue weighted by molar-refractivity contribution is -0.133. The Hall–Kier alpha value is -2.37. The maximum atomic E-state index is 12.4. The summed E-state index contributed by atoms with van der Waals surface area (Å²) in [4.78, 5) is 26.2. The predicted octanol–water partition coefficient (Wildman–Crippen LogP) is 2.38. The van der Waals surface area contributed by atoms with Gasteiger partial charge in [-0.3, -0.25) is 9.59 Å². The largest absolute Gasteiger partial charge is 0.484 e. The van der Waals surface area contributed by atoms with E-state index in [1.807, 2.05) is 0 Å². The van der Waals surface area contributed by atoms with Gasteiger partial charge in [0.2, 0.25) is 0 Å². The molecule has 1 aliphatic heterocycles. The first kappa shape index (κ1) is 17.5. The molecule has 1 heterocycles. The second-order valence-corrected chi connectivity index (χ2v) is 6.22. The first-order valence-corrected chi connectivity index (χ1v) is 8.53. The molecule has 6 heteroatoms. The van der Waals surface area contributed by atoms with Crippen LogP contribution < -0.4 is 10.1 Å². The standard InChI is InChI=1S/C19H19ClN2O3/c20-16-5-1-14(2-6-16)19(24)15-3-7-17(8-4-15)25-13-18(23)22-11-9-21-10-12-22/h1-8,21H,9-13H2. The minimum atomic E-state index is -0.0832. The number of halogens is 1. The van der Waals surface area contributed by atoms with Gasteiger partial charge in [0.05, 0.1) is 0 Å². The smallest absolute Gasteiger partial charge is 0.260 e. The zero-order valence-electron chi connectivity index (χ0n) is 13.7. The summed E-state index contributed by atoms with van der Waals surface area (Å²) in [6, 6.07) is 13.6. The van der Waals surface area contributed by atoms with Crippen molar-refractivity contribution in [3.63, 3.8) is 0 Å². The fraction of sp³-hybridized carbons (Fsp3) is 0.263. The Bertz CT molecular complexity index is 738. The van der Waals surface area contributed by atoms with Crippen molar-refractivity contribution in [2.24, 2.45) is 0 Å². The van der Waals surface area contributed by atoms with Crippen LogP contribution in [0.1, 0.15) is 15.9 Å². The van der Waals surface area contributed by atoms with Gasteiger partial charge in [0.1, 0.15) is 5.75 Å². The molecule has 1 amide bonds. The number of nitrogens with one attached hydrogen (secondary N) is 1. The van der Waals surface area contributed by atoms with E-state index in [1.54, 1.807) is 53.4 Å². The van der Waals surface area contributed by atoms with Crippen molar-refractivity contribution in [1.82, 2.24) is 10.2 Å². The van der Waals surface area contributed by atoms with E-state index in [4.69, 9.17) is 16.3 Å². The summed E-state index contributed by atoms with van der Waals surface area (Å²) >= 11 is 5.84. The number of piperazine rings is 1. The summed E-state index contributed by atoms with van der Waals surface area (Å²) < 4.78 is 5.54. The van der Waals surface area contributed by atoms with Gasteiger partial charge in [0.25, 0.3) is 5.91 Å². The number of carbonyl (C=O) groups excluding carboxylic acids is 2. The fourth-order valence-electron chi connectivity index (χ4n) is 2.62. The highest BCUT2D eigenvalue weighted by atomic mass is 35.5. The number of amides is 1. The summed E-state index contributed by atoms with van der Waals surface area (Å²) in [5, 5.41) is 3.79. The second kappa shape index (κ2) is 8.14. The van der Waals surface area contributed by atoms with Crippen LogP contribution in [0, 0.1) is 0 Å². The molecule has 0 atom stereocenters. The SMILES string of the molecule is O=C(c1ccc(Cl)cc1)c1ccc(OCC(=O)N2CCNCC2)cc1.